The van der Waals surface area contributed by atoms with Crippen LogP contribution in [0.4, 0.5) is 0 Å². The first-order chi connectivity index (χ1) is 6.13. The van der Waals surface area contributed by atoms with Gasteiger partial charge in [-0.15, -0.1) is 12.4 Å². The Labute approximate surface area is 89.6 Å². The van der Waals surface area contributed by atoms with Crippen molar-refractivity contribution in [3.63, 3.8) is 0 Å². The highest BCUT2D eigenvalue weighted by Gasteiger charge is 2.29. The SMILES string of the molecule is CC(N)C(C(=O)O)N1CCOCC1.Cl. The first-order valence-electron chi connectivity index (χ1n) is 4.43. The van der Waals surface area contributed by atoms with Gasteiger partial charge in [-0.1, -0.05) is 0 Å². The number of rotatable bonds is 3. The molecule has 0 radical (unpaired) electrons. The zero-order valence-corrected chi connectivity index (χ0v) is 9.00. The molecule has 3 N–H and O–H groups in total. The van der Waals surface area contributed by atoms with Crippen LogP contribution in [-0.2, 0) is 9.53 Å². The maximum absolute atomic E-state index is 10.9. The second kappa shape index (κ2) is 6.19. The van der Waals surface area contributed by atoms with E-state index in [4.69, 9.17) is 15.6 Å². The number of carbonyl (C=O) groups is 1. The second-order valence-corrected chi connectivity index (χ2v) is 3.29. The summed E-state index contributed by atoms with van der Waals surface area (Å²) >= 11 is 0. The van der Waals surface area contributed by atoms with E-state index >= 15 is 0 Å². The quantitative estimate of drug-likeness (QED) is 0.679. The summed E-state index contributed by atoms with van der Waals surface area (Å²) in [5.41, 5.74) is 5.61. The molecule has 0 bridgehead atoms. The Morgan fingerprint density at radius 1 is 1.50 bits per heavy atom. The zero-order chi connectivity index (χ0) is 9.84. The molecule has 14 heavy (non-hydrogen) atoms. The summed E-state index contributed by atoms with van der Waals surface area (Å²) in [6, 6.07) is -0.931. The number of nitrogens with zero attached hydrogens (tertiary/aromatic N) is 1. The van der Waals surface area contributed by atoms with Gasteiger partial charge in [0.1, 0.15) is 6.04 Å². The van der Waals surface area contributed by atoms with Crippen molar-refractivity contribution < 1.29 is 14.6 Å². The minimum absolute atomic E-state index is 0. The second-order valence-electron chi connectivity index (χ2n) is 3.29. The molecular weight excluding hydrogens is 208 g/mol. The van der Waals surface area contributed by atoms with Crippen LogP contribution in [0.1, 0.15) is 6.92 Å². The Hall–Kier alpha value is -0.360. The fourth-order valence-corrected chi connectivity index (χ4v) is 1.57. The number of carboxylic acid groups (broad SMARTS) is 1. The van der Waals surface area contributed by atoms with E-state index in [1.807, 2.05) is 4.90 Å². The summed E-state index contributed by atoms with van der Waals surface area (Å²) < 4.78 is 5.13. The van der Waals surface area contributed by atoms with Gasteiger partial charge in [0.2, 0.25) is 0 Å². The number of hydrogen-bond acceptors (Lipinski definition) is 4. The zero-order valence-electron chi connectivity index (χ0n) is 8.18. The summed E-state index contributed by atoms with van der Waals surface area (Å²) in [6.45, 7) is 4.21. The van der Waals surface area contributed by atoms with Gasteiger partial charge in [-0.05, 0) is 6.92 Å². The lowest BCUT2D eigenvalue weighted by molar-refractivity contribution is -0.145. The molecule has 0 aromatic rings. The number of morpholine rings is 1. The van der Waals surface area contributed by atoms with Crippen LogP contribution < -0.4 is 5.73 Å². The molecule has 1 heterocycles. The smallest absolute Gasteiger partial charge is 0.322 e. The highest BCUT2D eigenvalue weighted by atomic mass is 35.5. The summed E-state index contributed by atoms with van der Waals surface area (Å²) in [5, 5.41) is 8.93. The van der Waals surface area contributed by atoms with Gasteiger partial charge in [-0.25, -0.2) is 0 Å². The summed E-state index contributed by atoms with van der Waals surface area (Å²) in [5.74, 6) is -0.850. The monoisotopic (exact) mass is 224 g/mol. The third-order valence-corrected chi connectivity index (χ3v) is 2.19. The van der Waals surface area contributed by atoms with Gasteiger partial charge < -0.3 is 15.6 Å². The number of ether oxygens (including phenoxy) is 1. The molecule has 0 spiro atoms. The van der Waals surface area contributed by atoms with Gasteiger partial charge in [0, 0.05) is 19.1 Å². The molecule has 2 atom stereocenters. The van der Waals surface area contributed by atoms with Gasteiger partial charge in [0.25, 0.3) is 0 Å². The Morgan fingerprint density at radius 2 is 2.00 bits per heavy atom. The van der Waals surface area contributed by atoms with Crippen LogP contribution in [0.15, 0.2) is 0 Å². The van der Waals surface area contributed by atoms with Crippen molar-refractivity contribution in [2.24, 2.45) is 5.73 Å². The van der Waals surface area contributed by atoms with E-state index in [0.29, 0.717) is 26.3 Å². The summed E-state index contributed by atoms with van der Waals surface area (Å²) in [4.78, 5) is 12.7. The first-order valence-corrected chi connectivity index (χ1v) is 4.43. The molecule has 0 aromatic carbocycles. The van der Waals surface area contributed by atoms with E-state index in [2.05, 4.69) is 0 Å². The van der Waals surface area contributed by atoms with Crippen molar-refractivity contribution in [3.05, 3.63) is 0 Å². The number of nitrogens with two attached hydrogens (primary N) is 1. The van der Waals surface area contributed by atoms with Crippen LogP contribution in [0, 0.1) is 0 Å². The van der Waals surface area contributed by atoms with Crippen LogP contribution in [-0.4, -0.2) is 54.4 Å². The third kappa shape index (κ3) is 3.42. The Kier molecular flexibility index (Phi) is 6.03. The van der Waals surface area contributed by atoms with E-state index in [0.717, 1.165) is 0 Å². The topological polar surface area (TPSA) is 75.8 Å². The highest BCUT2D eigenvalue weighted by molar-refractivity contribution is 5.85. The van der Waals surface area contributed by atoms with Crippen molar-refractivity contribution >= 4 is 18.4 Å². The van der Waals surface area contributed by atoms with E-state index < -0.39 is 12.0 Å². The maximum Gasteiger partial charge on any atom is 0.322 e. The van der Waals surface area contributed by atoms with Gasteiger partial charge in [-0.2, -0.15) is 0 Å². The van der Waals surface area contributed by atoms with Gasteiger partial charge in [-0.3, -0.25) is 9.69 Å². The molecule has 1 aliphatic heterocycles. The van der Waals surface area contributed by atoms with Gasteiger partial charge in [0.15, 0.2) is 0 Å². The summed E-state index contributed by atoms with van der Waals surface area (Å²) in [6.07, 6.45) is 0. The highest BCUT2D eigenvalue weighted by Crippen LogP contribution is 2.06. The molecule has 0 saturated carbocycles. The molecule has 2 unspecified atom stereocenters. The van der Waals surface area contributed by atoms with Gasteiger partial charge in [0.05, 0.1) is 13.2 Å². The molecule has 1 fully saturated rings. The molecule has 0 aromatic heterocycles. The molecule has 5 nitrogen and oxygen atoms in total. The molecule has 1 aliphatic rings. The van der Waals surface area contributed by atoms with Crippen LogP contribution in [0.5, 0.6) is 0 Å². The van der Waals surface area contributed by atoms with E-state index in [1.54, 1.807) is 6.92 Å². The van der Waals surface area contributed by atoms with Crippen LogP contribution in [0.3, 0.4) is 0 Å². The van der Waals surface area contributed by atoms with Crippen LogP contribution in [0.25, 0.3) is 0 Å². The molecule has 1 rings (SSSR count). The lowest BCUT2D eigenvalue weighted by Gasteiger charge is -2.33. The predicted octanol–water partition coefficient (Wildman–Crippen LogP) is -0.459. The molecule has 0 amide bonds. The predicted molar refractivity (Wildman–Crippen MR) is 54.7 cm³/mol. The van der Waals surface area contributed by atoms with E-state index in [9.17, 15) is 4.79 Å². The molecule has 6 heteroatoms. The fourth-order valence-electron chi connectivity index (χ4n) is 1.57. The fraction of sp³-hybridized carbons (Fsp3) is 0.875. The average Bonchev–Trinajstić information content (AvgIpc) is 2.04. The normalized spacial score (nSPS) is 22.1. The number of carboxylic acids is 1. The minimum Gasteiger partial charge on any atom is -0.480 e. The largest absolute Gasteiger partial charge is 0.480 e. The van der Waals surface area contributed by atoms with Crippen molar-refractivity contribution in [1.82, 2.24) is 4.90 Å². The minimum atomic E-state index is -0.850. The third-order valence-electron chi connectivity index (χ3n) is 2.19. The Morgan fingerprint density at radius 3 is 2.36 bits per heavy atom. The summed E-state index contributed by atoms with van der Waals surface area (Å²) in [7, 11) is 0. The van der Waals surface area contributed by atoms with Crippen LogP contribution in [0.2, 0.25) is 0 Å². The number of hydrogen-bond donors (Lipinski definition) is 2. The maximum atomic E-state index is 10.9. The van der Waals surface area contributed by atoms with E-state index in [1.165, 1.54) is 0 Å². The number of halogens is 1. The van der Waals surface area contributed by atoms with Gasteiger partial charge >= 0.3 is 5.97 Å². The molecular formula is C8H17ClN2O3. The lowest BCUT2D eigenvalue weighted by Crippen LogP contribution is -2.54. The molecule has 84 valence electrons. The Bertz CT molecular complexity index is 183. The molecule has 0 aliphatic carbocycles. The van der Waals surface area contributed by atoms with E-state index in [-0.39, 0.29) is 18.4 Å². The van der Waals surface area contributed by atoms with Crippen molar-refractivity contribution in [2.45, 2.75) is 19.0 Å². The van der Waals surface area contributed by atoms with Crippen molar-refractivity contribution in [3.8, 4) is 0 Å². The van der Waals surface area contributed by atoms with Crippen molar-refractivity contribution in [1.29, 1.82) is 0 Å². The standard InChI is InChI=1S/C8H16N2O3.ClH/c1-6(9)7(8(11)12)10-2-4-13-5-3-10;/h6-7H,2-5,9H2,1H3,(H,11,12);1H. The number of aliphatic carboxylic acids is 1. The van der Waals surface area contributed by atoms with Crippen molar-refractivity contribution in [2.75, 3.05) is 26.3 Å². The Balaban J connectivity index is 0.00000169. The van der Waals surface area contributed by atoms with Crippen LogP contribution >= 0.6 is 12.4 Å². The lowest BCUT2D eigenvalue weighted by atomic mass is 10.1. The molecule has 1 saturated heterocycles. The first kappa shape index (κ1) is 13.6. The average molecular weight is 225 g/mol.